The van der Waals surface area contributed by atoms with Crippen molar-refractivity contribution < 1.29 is 4.79 Å². The lowest BCUT2D eigenvalue weighted by Crippen LogP contribution is -2.41. The molecule has 1 aromatic heterocycles. The highest BCUT2D eigenvalue weighted by Crippen LogP contribution is 2.22. The van der Waals surface area contributed by atoms with Crippen molar-refractivity contribution in [3.05, 3.63) is 23.5 Å². The average molecular weight is 291 g/mol. The Labute approximate surface area is 126 Å². The summed E-state index contributed by atoms with van der Waals surface area (Å²) in [5.41, 5.74) is 4.63. The van der Waals surface area contributed by atoms with Gasteiger partial charge in [-0.1, -0.05) is 0 Å². The van der Waals surface area contributed by atoms with Crippen LogP contribution in [0.4, 0.5) is 5.69 Å². The topological polar surface area (TPSA) is 74.5 Å². The monoisotopic (exact) mass is 291 g/mol. The van der Waals surface area contributed by atoms with Crippen molar-refractivity contribution in [2.24, 2.45) is 11.8 Å². The first-order valence-electron chi connectivity index (χ1n) is 7.38. The molecular weight excluding hydrogens is 266 g/mol. The van der Waals surface area contributed by atoms with E-state index in [9.17, 15) is 4.79 Å². The number of pyridine rings is 1. The van der Waals surface area contributed by atoms with Gasteiger partial charge in [0.25, 0.3) is 5.91 Å². The van der Waals surface area contributed by atoms with Crippen molar-refractivity contribution in [3.63, 3.8) is 0 Å². The number of hydrogen-bond donors (Lipinski definition) is 2. The summed E-state index contributed by atoms with van der Waals surface area (Å²) < 4.78 is 0. The van der Waals surface area contributed by atoms with Crippen molar-refractivity contribution in [2.75, 3.05) is 39.2 Å². The lowest BCUT2D eigenvalue weighted by molar-refractivity contribution is 0.0678. The van der Waals surface area contributed by atoms with Crippen LogP contribution in [0, 0.1) is 12.8 Å². The largest absolute Gasteiger partial charge is 0.339 e. The number of nitrogens with one attached hydrogen (secondary N) is 1. The number of nitrogens with two attached hydrogens (primary N) is 1. The molecule has 21 heavy (non-hydrogen) atoms. The van der Waals surface area contributed by atoms with Gasteiger partial charge in [-0.25, -0.2) is 0 Å². The third kappa shape index (κ3) is 3.92. The minimum Gasteiger partial charge on any atom is -0.339 e. The van der Waals surface area contributed by atoms with Crippen LogP contribution in [0.25, 0.3) is 0 Å². The van der Waals surface area contributed by atoms with Crippen molar-refractivity contribution in [2.45, 2.75) is 19.8 Å². The molecule has 3 N–H and O–H groups in total. The summed E-state index contributed by atoms with van der Waals surface area (Å²) >= 11 is 0. The SMILES string of the molecule is Cc1cc(NN)c(C(=O)N2CCC(CN(C)C)CC2)cn1. The molecule has 2 rings (SSSR count). The highest BCUT2D eigenvalue weighted by atomic mass is 16.2. The molecule has 1 aromatic rings. The molecule has 1 amide bonds. The highest BCUT2D eigenvalue weighted by molar-refractivity contribution is 5.99. The fourth-order valence-corrected chi connectivity index (χ4v) is 2.86. The van der Waals surface area contributed by atoms with Crippen molar-refractivity contribution in [3.8, 4) is 0 Å². The van der Waals surface area contributed by atoms with Gasteiger partial charge in [0.05, 0.1) is 11.3 Å². The Hall–Kier alpha value is -1.66. The van der Waals surface area contributed by atoms with Gasteiger partial charge in [0.1, 0.15) is 0 Å². The molecule has 0 spiro atoms. The third-order valence-corrected chi connectivity index (χ3v) is 3.95. The van der Waals surface area contributed by atoms with Crippen LogP contribution in [0.2, 0.25) is 0 Å². The zero-order chi connectivity index (χ0) is 15.4. The molecule has 2 heterocycles. The molecule has 0 saturated carbocycles. The van der Waals surface area contributed by atoms with Crippen LogP contribution >= 0.6 is 0 Å². The summed E-state index contributed by atoms with van der Waals surface area (Å²) in [4.78, 5) is 20.9. The number of aryl methyl sites for hydroxylation is 1. The van der Waals surface area contributed by atoms with Crippen molar-refractivity contribution >= 4 is 11.6 Å². The number of hydrazine groups is 1. The Balaban J connectivity index is 2.02. The van der Waals surface area contributed by atoms with E-state index < -0.39 is 0 Å². The molecule has 0 unspecified atom stereocenters. The Morgan fingerprint density at radius 2 is 2.14 bits per heavy atom. The molecule has 1 saturated heterocycles. The molecule has 0 atom stereocenters. The lowest BCUT2D eigenvalue weighted by atomic mass is 9.96. The van der Waals surface area contributed by atoms with E-state index in [1.165, 1.54) is 0 Å². The molecule has 1 aliphatic heterocycles. The molecule has 0 aromatic carbocycles. The van der Waals surface area contributed by atoms with E-state index in [1.807, 2.05) is 11.8 Å². The number of carbonyl (C=O) groups is 1. The van der Waals surface area contributed by atoms with Crippen LogP contribution in [0.1, 0.15) is 28.9 Å². The zero-order valence-corrected chi connectivity index (χ0v) is 13.1. The molecule has 0 radical (unpaired) electrons. The molecule has 6 nitrogen and oxygen atoms in total. The minimum absolute atomic E-state index is 0.0127. The average Bonchev–Trinajstić information content (AvgIpc) is 2.46. The predicted octanol–water partition coefficient (Wildman–Crippen LogP) is 1.09. The normalized spacial score (nSPS) is 16.3. The maximum absolute atomic E-state index is 12.6. The second-order valence-corrected chi connectivity index (χ2v) is 6.01. The molecular formula is C15H25N5O. The first-order valence-corrected chi connectivity index (χ1v) is 7.38. The maximum Gasteiger partial charge on any atom is 0.257 e. The number of aromatic nitrogens is 1. The number of amides is 1. The number of carbonyl (C=O) groups excluding carboxylic acids is 1. The number of likely N-dealkylation sites (tertiary alicyclic amines) is 1. The second-order valence-electron chi connectivity index (χ2n) is 6.01. The maximum atomic E-state index is 12.6. The van der Waals surface area contributed by atoms with E-state index in [1.54, 1.807) is 12.3 Å². The smallest absolute Gasteiger partial charge is 0.257 e. The van der Waals surface area contributed by atoms with E-state index in [0.29, 0.717) is 17.2 Å². The fraction of sp³-hybridized carbons (Fsp3) is 0.600. The summed E-state index contributed by atoms with van der Waals surface area (Å²) in [7, 11) is 4.18. The molecule has 0 aliphatic carbocycles. The highest BCUT2D eigenvalue weighted by Gasteiger charge is 2.25. The van der Waals surface area contributed by atoms with E-state index in [2.05, 4.69) is 29.4 Å². The van der Waals surface area contributed by atoms with Crippen LogP contribution in [-0.4, -0.2) is 54.4 Å². The molecule has 1 fully saturated rings. The summed E-state index contributed by atoms with van der Waals surface area (Å²) in [5.74, 6) is 6.20. The van der Waals surface area contributed by atoms with Gasteiger partial charge >= 0.3 is 0 Å². The van der Waals surface area contributed by atoms with Crippen molar-refractivity contribution in [1.82, 2.24) is 14.8 Å². The Bertz CT molecular complexity index is 495. The number of hydrogen-bond acceptors (Lipinski definition) is 5. The van der Waals surface area contributed by atoms with Crippen molar-refractivity contribution in [1.29, 1.82) is 0 Å². The zero-order valence-electron chi connectivity index (χ0n) is 13.1. The van der Waals surface area contributed by atoms with Gasteiger partial charge in [-0.3, -0.25) is 15.6 Å². The quantitative estimate of drug-likeness (QED) is 0.641. The Morgan fingerprint density at radius 1 is 1.48 bits per heavy atom. The third-order valence-electron chi connectivity index (χ3n) is 3.95. The van der Waals surface area contributed by atoms with E-state index in [0.717, 1.165) is 38.2 Å². The fourth-order valence-electron chi connectivity index (χ4n) is 2.86. The lowest BCUT2D eigenvalue weighted by Gasteiger charge is -2.33. The number of nitrogen functional groups attached to an aromatic ring is 1. The van der Waals surface area contributed by atoms with Gasteiger partial charge in [-0.15, -0.1) is 0 Å². The first kappa shape index (κ1) is 15.7. The van der Waals surface area contributed by atoms with Gasteiger partial charge in [-0.05, 0) is 45.8 Å². The minimum atomic E-state index is 0.0127. The van der Waals surface area contributed by atoms with E-state index in [4.69, 9.17) is 5.84 Å². The number of anilines is 1. The summed E-state index contributed by atoms with van der Waals surface area (Å²) in [6.07, 6.45) is 3.71. The van der Waals surface area contributed by atoms with Gasteiger partial charge in [0.15, 0.2) is 0 Å². The van der Waals surface area contributed by atoms with Gasteiger partial charge in [0.2, 0.25) is 0 Å². The standard InChI is InChI=1S/C15H25N5O/c1-11-8-14(18-16)13(9-17-11)15(21)20-6-4-12(5-7-20)10-19(2)3/h8-9,12H,4-7,10,16H2,1-3H3,(H,17,18). The number of nitrogens with zero attached hydrogens (tertiary/aromatic N) is 3. The Kier molecular flexibility index (Phi) is 5.14. The summed E-state index contributed by atoms with van der Waals surface area (Å²) in [5, 5.41) is 0. The molecule has 0 bridgehead atoms. The van der Waals surface area contributed by atoms with Crippen LogP contribution in [0.3, 0.4) is 0 Å². The summed E-state index contributed by atoms with van der Waals surface area (Å²) in [6.45, 7) is 4.57. The van der Waals surface area contributed by atoms with E-state index >= 15 is 0 Å². The summed E-state index contributed by atoms with van der Waals surface area (Å²) in [6, 6.07) is 1.80. The molecule has 116 valence electrons. The first-order chi connectivity index (χ1) is 10.0. The van der Waals surface area contributed by atoms with Crippen LogP contribution in [0.15, 0.2) is 12.3 Å². The van der Waals surface area contributed by atoms with E-state index in [-0.39, 0.29) is 5.91 Å². The Morgan fingerprint density at radius 3 is 2.71 bits per heavy atom. The molecule has 1 aliphatic rings. The van der Waals surface area contributed by atoms with Gasteiger partial charge < -0.3 is 15.2 Å². The van der Waals surface area contributed by atoms with Gasteiger partial charge in [-0.2, -0.15) is 0 Å². The number of piperidine rings is 1. The van der Waals surface area contributed by atoms with Gasteiger partial charge in [0, 0.05) is 31.5 Å². The predicted molar refractivity (Wildman–Crippen MR) is 84.0 cm³/mol. The molecule has 6 heteroatoms. The van der Waals surface area contributed by atoms with Crippen LogP contribution in [-0.2, 0) is 0 Å². The second kappa shape index (κ2) is 6.87. The van der Waals surface area contributed by atoms with Crippen LogP contribution in [0.5, 0.6) is 0 Å². The van der Waals surface area contributed by atoms with Crippen LogP contribution < -0.4 is 11.3 Å². The number of rotatable bonds is 4.